The summed E-state index contributed by atoms with van der Waals surface area (Å²) in [4.78, 5) is 9.58. The van der Waals surface area contributed by atoms with E-state index in [2.05, 4.69) is 44.0 Å². The van der Waals surface area contributed by atoms with Crippen LogP contribution in [0.15, 0.2) is 24.3 Å². The molecule has 4 nitrogen and oxygen atoms in total. The highest BCUT2D eigenvalue weighted by Gasteiger charge is 1.79. The van der Waals surface area contributed by atoms with Crippen LogP contribution in [0.5, 0.6) is 0 Å². The molecule has 0 bridgehead atoms. The molecule has 0 radical (unpaired) electrons. The van der Waals surface area contributed by atoms with Gasteiger partial charge in [-0.15, -0.1) is 0 Å². The van der Waals surface area contributed by atoms with E-state index in [0.717, 1.165) is 0 Å². The molecule has 5 N–H and O–H groups in total. The zero-order chi connectivity index (χ0) is 10.3. The van der Waals surface area contributed by atoms with Gasteiger partial charge in [-0.2, -0.15) is 0 Å². The van der Waals surface area contributed by atoms with Crippen LogP contribution >= 0.6 is 0 Å². The molecule has 1 aromatic rings. The number of benzene rings is 1. The van der Waals surface area contributed by atoms with Crippen molar-refractivity contribution >= 4 is 5.91 Å². The molecule has 0 unspecified atom stereocenters. The lowest BCUT2D eigenvalue weighted by molar-refractivity contribution is -0.119. The van der Waals surface area contributed by atoms with Gasteiger partial charge in [-0.1, -0.05) is 35.4 Å². The number of nitrogens with one attached hydrogen (secondary N) is 1. The van der Waals surface area contributed by atoms with Crippen LogP contribution in [0.1, 0.15) is 18.1 Å². The number of nitrogens with two attached hydrogens (primary N) is 1. The Labute approximate surface area is 84.4 Å². The van der Waals surface area contributed by atoms with E-state index in [1.54, 1.807) is 0 Å². The first-order valence-corrected chi connectivity index (χ1v) is 4.06. The number of carbonyl (C=O) groups is 1. The van der Waals surface area contributed by atoms with Gasteiger partial charge in [-0.3, -0.25) is 10.2 Å². The molecule has 0 saturated carbocycles. The van der Waals surface area contributed by atoms with E-state index < -0.39 is 0 Å². The smallest absolute Gasteiger partial charge is 0.230 e. The number of carbonyl (C=O) groups excluding carboxylic acids is 1. The van der Waals surface area contributed by atoms with E-state index >= 15 is 0 Å². The maximum absolute atomic E-state index is 9.58. The minimum atomic E-state index is -0.218. The van der Waals surface area contributed by atoms with E-state index in [0.29, 0.717) is 0 Å². The average molecular weight is 198 g/mol. The standard InChI is InChI=1S/C8H10.C2H6N2O.H2O/c1-7-3-5-8(2)6-4-7;1-2(5)4-3;/h3-6H,1-2H3;3H2,1H3,(H,4,5);1H2. The highest BCUT2D eigenvalue weighted by atomic mass is 16.2. The molecule has 1 rings (SSSR count). The lowest BCUT2D eigenvalue weighted by atomic mass is 10.2. The first-order valence-electron chi connectivity index (χ1n) is 4.06. The van der Waals surface area contributed by atoms with E-state index in [4.69, 9.17) is 0 Å². The largest absolute Gasteiger partial charge is 0.412 e. The molecule has 0 fully saturated rings. The van der Waals surface area contributed by atoms with Gasteiger partial charge in [0.15, 0.2) is 0 Å². The molecule has 0 aliphatic heterocycles. The van der Waals surface area contributed by atoms with Crippen molar-refractivity contribution in [1.82, 2.24) is 5.43 Å². The molecule has 0 spiro atoms. The van der Waals surface area contributed by atoms with Gasteiger partial charge in [-0.05, 0) is 13.8 Å². The predicted octanol–water partition coefficient (Wildman–Crippen LogP) is 0.475. The van der Waals surface area contributed by atoms with Crippen molar-refractivity contribution in [2.75, 3.05) is 0 Å². The Bertz CT molecular complexity index is 236. The average Bonchev–Trinajstić information content (AvgIpc) is 2.11. The Kier molecular flexibility index (Phi) is 8.86. The van der Waals surface area contributed by atoms with Gasteiger partial charge in [0.25, 0.3) is 0 Å². The number of rotatable bonds is 0. The predicted molar refractivity (Wildman–Crippen MR) is 57.5 cm³/mol. The maximum atomic E-state index is 9.58. The van der Waals surface area contributed by atoms with Gasteiger partial charge in [0.05, 0.1) is 0 Å². The van der Waals surface area contributed by atoms with Crippen LogP contribution in [0.25, 0.3) is 0 Å². The zero-order valence-corrected chi connectivity index (χ0v) is 8.79. The normalized spacial score (nSPS) is 7.71. The maximum Gasteiger partial charge on any atom is 0.230 e. The summed E-state index contributed by atoms with van der Waals surface area (Å²) < 4.78 is 0. The third kappa shape index (κ3) is 8.70. The van der Waals surface area contributed by atoms with Gasteiger partial charge >= 0.3 is 0 Å². The molecular weight excluding hydrogens is 180 g/mol. The van der Waals surface area contributed by atoms with Gasteiger partial charge in [0.2, 0.25) is 5.91 Å². The summed E-state index contributed by atoms with van der Waals surface area (Å²) in [6.07, 6.45) is 0. The monoisotopic (exact) mass is 198 g/mol. The third-order valence-electron chi connectivity index (χ3n) is 1.42. The summed E-state index contributed by atoms with van der Waals surface area (Å²) in [6.45, 7) is 5.54. The van der Waals surface area contributed by atoms with Gasteiger partial charge in [-0.25, -0.2) is 5.84 Å². The Morgan fingerprint density at radius 1 is 1.14 bits per heavy atom. The fourth-order valence-corrected chi connectivity index (χ4v) is 0.637. The van der Waals surface area contributed by atoms with Gasteiger partial charge in [0.1, 0.15) is 0 Å². The van der Waals surface area contributed by atoms with Crippen LogP contribution in [-0.4, -0.2) is 11.4 Å². The first kappa shape index (κ1) is 15.1. The molecule has 4 heteroatoms. The van der Waals surface area contributed by atoms with Crippen molar-refractivity contribution in [3.63, 3.8) is 0 Å². The van der Waals surface area contributed by atoms with Crippen LogP contribution in [0.2, 0.25) is 0 Å². The van der Waals surface area contributed by atoms with E-state index in [1.165, 1.54) is 18.1 Å². The molecule has 0 heterocycles. The third-order valence-corrected chi connectivity index (χ3v) is 1.42. The van der Waals surface area contributed by atoms with Gasteiger partial charge < -0.3 is 5.48 Å². The molecule has 1 amide bonds. The summed E-state index contributed by atoms with van der Waals surface area (Å²) in [6, 6.07) is 8.48. The minimum absolute atomic E-state index is 0. The lowest BCUT2D eigenvalue weighted by Crippen LogP contribution is -2.26. The van der Waals surface area contributed by atoms with Crippen molar-refractivity contribution in [3.05, 3.63) is 35.4 Å². The summed E-state index contributed by atoms with van der Waals surface area (Å²) in [5, 5.41) is 0. The molecule has 0 aliphatic rings. The van der Waals surface area contributed by atoms with Crippen LogP contribution in [0.3, 0.4) is 0 Å². The lowest BCUT2D eigenvalue weighted by Gasteiger charge is -1.90. The second-order valence-corrected chi connectivity index (χ2v) is 2.86. The van der Waals surface area contributed by atoms with Gasteiger partial charge in [0, 0.05) is 6.92 Å². The fraction of sp³-hybridized carbons (Fsp3) is 0.300. The van der Waals surface area contributed by atoms with E-state index in [-0.39, 0.29) is 11.4 Å². The Hall–Kier alpha value is -1.39. The molecule has 14 heavy (non-hydrogen) atoms. The van der Waals surface area contributed by atoms with Crippen molar-refractivity contribution in [3.8, 4) is 0 Å². The molecule has 0 aromatic heterocycles. The zero-order valence-electron chi connectivity index (χ0n) is 8.79. The fourth-order valence-electron chi connectivity index (χ4n) is 0.637. The second-order valence-electron chi connectivity index (χ2n) is 2.86. The molecule has 0 atom stereocenters. The second kappa shape index (κ2) is 8.22. The van der Waals surface area contributed by atoms with Crippen LogP contribution in [0.4, 0.5) is 0 Å². The Morgan fingerprint density at radius 3 is 1.50 bits per heavy atom. The molecule has 0 saturated heterocycles. The molecular formula is C10H18N2O2. The minimum Gasteiger partial charge on any atom is -0.412 e. The quantitative estimate of drug-likeness (QED) is 0.361. The Balaban J connectivity index is 0. The summed E-state index contributed by atoms with van der Waals surface area (Å²) in [7, 11) is 0. The SMILES string of the molecule is CC(=O)NN.Cc1ccc(C)cc1.O. The van der Waals surface area contributed by atoms with Crippen LogP contribution in [0, 0.1) is 13.8 Å². The highest BCUT2D eigenvalue weighted by Crippen LogP contribution is 1.99. The molecule has 80 valence electrons. The van der Waals surface area contributed by atoms with Crippen molar-refractivity contribution in [1.29, 1.82) is 0 Å². The highest BCUT2D eigenvalue weighted by molar-refractivity contribution is 5.71. The summed E-state index contributed by atoms with van der Waals surface area (Å²) >= 11 is 0. The summed E-state index contributed by atoms with van der Waals surface area (Å²) in [5.41, 5.74) is 4.55. The number of aryl methyl sites for hydroxylation is 2. The van der Waals surface area contributed by atoms with Crippen molar-refractivity contribution < 1.29 is 10.3 Å². The molecule has 0 aliphatic carbocycles. The van der Waals surface area contributed by atoms with Crippen molar-refractivity contribution in [2.24, 2.45) is 5.84 Å². The molecule has 1 aromatic carbocycles. The van der Waals surface area contributed by atoms with Crippen LogP contribution < -0.4 is 11.3 Å². The summed E-state index contributed by atoms with van der Waals surface area (Å²) in [5.74, 6) is 4.35. The number of hydrogen-bond acceptors (Lipinski definition) is 2. The topological polar surface area (TPSA) is 86.6 Å². The van der Waals surface area contributed by atoms with Crippen LogP contribution in [-0.2, 0) is 4.79 Å². The first-order chi connectivity index (χ1) is 6.06. The number of hydrogen-bond donors (Lipinski definition) is 2. The number of amides is 1. The Morgan fingerprint density at radius 2 is 1.36 bits per heavy atom. The van der Waals surface area contributed by atoms with Crippen molar-refractivity contribution in [2.45, 2.75) is 20.8 Å². The number of hydrazine groups is 1. The van der Waals surface area contributed by atoms with E-state index in [9.17, 15) is 4.79 Å². The van der Waals surface area contributed by atoms with E-state index in [1.807, 2.05) is 5.43 Å².